The zero-order chi connectivity index (χ0) is 11.0. The monoisotopic (exact) mass is 278 g/mol. The van der Waals surface area contributed by atoms with Crippen molar-refractivity contribution in [1.29, 1.82) is 0 Å². The Bertz CT molecular complexity index is 476. The van der Waals surface area contributed by atoms with Gasteiger partial charge in [-0.2, -0.15) is 0 Å². The molecule has 2 N–H and O–H groups in total. The number of rotatable bonds is 2. The van der Waals surface area contributed by atoms with E-state index in [2.05, 4.69) is 4.98 Å². The molecule has 0 saturated carbocycles. The minimum Gasteiger partial charge on any atom is -0.322 e. The summed E-state index contributed by atoms with van der Waals surface area (Å²) < 4.78 is 1.34. The lowest BCUT2D eigenvalue weighted by Crippen LogP contribution is -2.03. The van der Waals surface area contributed by atoms with E-state index in [0.717, 1.165) is 16.3 Å². The maximum Gasteiger partial charge on any atom is 0.110 e. The largest absolute Gasteiger partial charge is 0.322 e. The molecule has 0 radical (unpaired) electrons. The molecule has 0 aliphatic carbocycles. The Morgan fingerprint density at radius 1 is 1.47 bits per heavy atom. The highest BCUT2D eigenvalue weighted by Crippen LogP contribution is 2.38. The van der Waals surface area contributed by atoms with Crippen molar-refractivity contribution in [3.63, 3.8) is 0 Å². The fraction of sp³-hybridized carbons (Fsp3) is 0.222. The number of aromatic nitrogens is 1. The highest BCUT2D eigenvalue weighted by molar-refractivity contribution is 7.20. The molecule has 0 aliphatic heterocycles. The number of thiazole rings is 1. The molecule has 0 spiro atoms. The van der Waals surface area contributed by atoms with Gasteiger partial charge in [0.2, 0.25) is 0 Å². The summed E-state index contributed by atoms with van der Waals surface area (Å²) in [7, 11) is 0. The van der Waals surface area contributed by atoms with E-state index >= 15 is 0 Å². The lowest BCUT2D eigenvalue weighted by atomic mass is 10.3. The fourth-order valence-corrected chi connectivity index (χ4v) is 3.39. The van der Waals surface area contributed by atoms with Crippen molar-refractivity contribution in [2.75, 3.05) is 0 Å². The van der Waals surface area contributed by atoms with Gasteiger partial charge >= 0.3 is 0 Å². The lowest BCUT2D eigenvalue weighted by molar-refractivity contribution is 0.808. The number of halogens is 2. The molecule has 2 nitrogen and oxygen atoms in total. The second-order valence-electron chi connectivity index (χ2n) is 3.10. The minimum atomic E-state index is -0.0448. The van der Waals surface area contributed by atoms with E-state index in [-0.39, 0.29) is 6.04 Å². The van der Waals surface area contributed by atoms with Gasteiger partial charge < -0.3 is 5.73 Å². The Balaban J connectivity index is 2.41. The number of hydrogen-bond acceptors (Lipinski definition) is 4. The molecule has 80 valence electrons. The summed E-state index contributed by atoms with van der Waals surface area (Å²) in [6, 6.07) is 1.78. The number of hydrogen-bond donors (Lipinski definition) is 1. The van der Waals surface area contributed by atoms with E-state index in [1.165, 1.54) is 22.7 Å². The number of nitrogens with zero attached hydrogens (tertiary/aromatic N) is 1. The average Bonchev–Trinajstić information content (AvgIpc) is 2.71. The van der Waals surface area contributed by atoms with Gasteiger partial charge in [0.15, 0.2) is 0 Å². The maximum atomic E-state index is 6.04. The summed E-state index contributed by atoms with van der Waals surface area (Å²) in [5.74, 6) is 0. The second-order valence-corrected chi connectivity index (χ2v) is 6.27. The molecule has 0 amide bonds. The van der Waals surface area contributed by atoms with Gasteiger partial charge in [-0.05, 0) is 13.0 Å². The third-order valence-electron chi connectivity index (χ3n) is 1.84. The van der Waals surface area contributed by atoms with Gasteiger partial charge in [-0.15, -0.1) is 22.7 Å². The van der Waals surface area contributed by atoms with E-state index in [1.54, 1.807) is 0 Å². The first-order valence-electron chi connectivity index (χ1n) is 4.24. The van der Waals surface area contributed by atoms with Crippen LogP contribution >= 0.6 is 45.9 Å². The maximum absolute atomic E-state index is 6.04. The SMILES string of the molecule is CC(N)c1nc(-c2cc(Cl)sc2Cl)cs1. The molecule has 0 saturated heterocycles. The molecule has 0 bridgehead atoms. The van der Waals surface area contributed by atoms with Crippen molar-refractivity contribution in [3.8, 4) is 11.3 Å². The molecule has 6 heteroatoms. The zero-order valence-corrected chi connectivity index (χ0v) is 11.0. The van der Waals surface area contributed by atoms with Crippen LogP contribution in [0.25, 0.3) is 11.3 Å². The van der Waals surface area contributed by atoms with Crippen molar-refractivity contribution < 1.29 is 0 Å². The van der Waals surface area contributed by atoms with Crippen LogP contribution in [0, 0.1) is 0 Å². The summed E-state index contributed by atoms with van der Waals surface area (Å²) in [6.45, 7) is 1.91. The summed E-state index contributed by atoms with van der Waals surface area (Å²) in [6.07, 6.45) is 0. The molecule has 1 atom stereocenters. The van der Waals surface area contributed by atoms with Gasteiger partial charge in [-0.25, -0.2) is 4.98 Å². The first-order valence-corrected chi connectivity index (χ1v) is 6.69. The second kappa shape index (κ2) is 4.39. The molecular weight excluding hydrogens is 271 g/mol. The Hall–Kier alpha value is -0.130. The Kier molecular flexibility index (Phi) is 3.33. The van der Waals surface area contributed by atoms with Crippen molar-refractivity contribution in [3.05, 3.63) is 25.1 Å². The molecule has 2 heterocycles. The van der Waals surface area contributed by atoms with Crippen LogP contribution in [0.5, 0.6) is 0 Å². The van der Waals surface area contributed by atoms with Crippen molar-refractivity contribution in [2.45, 2.75) is 13.0 Å². The van der Waals surface area contributed by atoms with E-state index in [4.69, 9.17) is 28.9 Å². The Morgan fingerprint density at radius 3 is 2.67 bits per heavy atom. The summed E-state index contributed by atoms with van der Waals surface area (Å²) in [5, 5.41) is 2.85. The Labute approximate surface area is 106 Å². The van der Waals surface area contributed by atoms with Crippen LogP contribution in [0.3, 0.4) is 0 Å². The highest BCUT2D eigenvalue weighted by Gasteiger charge is 2.13. The molecule has 2 aromatic heterocycles. The fourth-order valence-electron chi connectivity index (χ4n) is 1.14. The van der Waals surface area contributed by atoms with Crippen LogP contribution in [-0.4, -0.2) is 4.98 Å². The van der Waals surface area contributed by atoms with E-state index < -0.39 is 0 Å². The summed E-state index contributed by atoms with van der Waals surface area (Å²) in [4.78, 5) is 4.41. The van der Waals surface area contributed by atoms with Crippen LogP contribution in [0.1, 0.15) is 18.0 Å². The third kappa shape index (κ3) is 2.34. The van der Waals surface area contributed by atoms with Gasteiger partial charge in [0.25, 0.3) is 0 Å². The molecule has 0 aromatic carbocycles. The van der Waals surface area contributed by atoms with Crippen molar-refractivity contribution in [2.24, 2.45) is 5.73 Å². The van der Waals surface area contributed by atoms with E-state index in [1.807, 2.05) is 18.4 Å². The normalized spacial score (nSPS) is 13.1. The van der Waals surface area contributed by atoms with E-state index in [9.17, 15) is 0 Å². The van der Waals surface area contributed by atoms with Crippen LogP contribution < -0.4 is 5.73 Å². The predicted octanol–water partition coefficient (Wildman–Crippen LogP) is 4.20. The first kappa shape index (κ1) is 11.4. The van der Waals surface area contributed by atoms with Crippen molar-refractivity contribution in [1.82, 2.24) is 4.98 Å². The number of nitrogens with two attached hydrogens (primary N) is 1. The number of thiophene rings is 1. The van der Waals surface area contributed by atoms with Crippen molar-refractivity contribution >= 4 is 45.9 Å². The third-order valence-corrected chi connectivity index (χ3v) is 4.38. The van der Waals surface area contributed by atoms with Crippen LogP contribution in [0.15, 0.2) is 11.4 Å². The van der Waals surface area contributed by atoms with Gasteiger partial charge in [0, 0.05) is 10.9 Å². The Morgan fingerprint density at radius 2 is 2.20 bits per heavy atom. The predicted molar refractivity (Wildman–Crippen MR) is 68.0 cm³/mol. The topological polar surface area (TPSA) is 38.9 Å². The standard InChI is InChI=1S/C9H8Cl2N2S2/c1-4(12)9-13-6(3-14-9)5-2-7(10)15-8(5)11/h2-4H,12H2,1H3. The van der Waals surface area contributed by atoms with E-state index in [0.29, 0.717) is 8.67 Å². The molecule has 2 aromatic rings. The zero-order valence-electron chi connectivity index (χ0n) is 7.83. The van der Waals surface area contributed by atoms with Gasteiger partial charge in [0.05, 0.1) is 16.1 Å². The molecular formula is C9H8Cl2N2S2. The minimum absolute atomic E-state index is 0.0448. The van der Waals surface area contributed by atoms with Crippen LogP contribution in [-0.2, 0) is 0 Å². The van der Waals surface area contributed by atoms with Crippen LogP contribution in [0.2, 0.25) is 8.67 Å². The smallest absolute Gasteiger partial charge is 0.110 e. The van der Waals surface area contributed by atoms with Gasteiger partial charge in [0.1, 0.15) is 9.34 Å². The molecule has 2 rings (SSSR count). The molecule has 0 fully saturated rings. The average molecular weight is 279 g/mol. The molecule has 1 unspecified atom stereocenters. The van der Waals surface area contributed by atoms with Gasteiger partial charge in [-0.1, -0.05) is 23.2 Å². The summed E-state index contributed by atoms with van der Waals surface area (Å²) >= 11 is 14.8. The quantitative estimate of drug-likeness (QED) is 0.894. The first-order chi connectivity index (χ1) is 7.08. The van der Waals surface area contributed by atoms with Gasteiger partial charge in [-0.3, -0.25) is 0 Å². The summed E-state index contributed by atoms with van der Waals surface area (Å²) in [5.41, 5.74) is 7.47. The highest BCUT2D eigenvalue weighted by atomic mass is 35.5. The molecule has 15 heavy (non-hydrogen) atoms. The molecule has 0 aliphatic rings. The lowest BCUT2D eigenvalue weighted by Gasteiger charge is -1.97. The van der Waals surface area contributed by atoms with Crippen LogP contribution in [0.4, 0.5) is 0 Å².